The Morgan fingerprint density at radius 2 is 1.81 bits per heavy atom. The number of ether oxygens (including phenoxy) is 1. The van der Waals surface area contributed by atoms with Gasteiger partial charge in [0.15, 0.2) is 0 Å². The Morgan fingerprint density at radius 1 is 1.15 bits per heavy atom. The third-order valence-corrected chi connectivity index (χ3v) is 4.34. The van der Waals surface area contributed by atoms with Crippen LogP contribution in [0.2, 0.25) is 0 Å². The van der Waals surface area contributed by atoms with E-state index in [0.717, 1.165) is 0 Å². The fourth-order valence-electron chi connectivity index (χ4n) is 2.09. The summed E-state index contributed by atoms with van der Waals surface area (Å²) < 4.78 is 36.9. The Morgan fingerprint density at radius 3 is 2.37 bits per heavy atom. The molecule has 0 aliphatic carbocycles. The number of amides is 1. The van der Waals surface area contributed by atoms with Crippen LogP contribution in [0.5, 0.6) is 5.75 Å². The number of hydrogen-bond donors (Lipinski definition) is 3. The molecule has 9 nitrogen and oxygen atoms in total. The fraction of sp³-hybridized carbons (Fsp3) is 0.294. The van der Waals surface area contributed by atoms with Crippen molar-refractivity contribution in [2.75, 3.05) is 10.5 Å². The number of sulfonamides is 1. The summed E-state index contributed by atoms with van der Waals surface area (Å²) in [5.41, 5.74) is 0.302. The van der Waals surface area contributed by atoms with E-state index in [1.165, 1.54) is 24.3 Å². The summed E-state index contributed by atoms with van der Waals surface area (Å²) in [6, 6.07) is 8.93. The number of anilines is 1. The summed E-state index contributed by atoms with van der Waals surface area (Å²) in [7, 11) is -3.91. The van der Waals surface area contributed by atoms with Crippen LogP contribution in [0.25, 0.3) is 0 Å². The molecule has 0 aliphatic heterocycles. The summed E-state index contributed by atoms with van der Waals surface area (Å²) in [5, 5.41) is 11.1. The van der Waals surface area contributed by atoms with Crippen LogP contribution in [0, 0.1) is 0 Å². The van der Waals surface area contributed by atoms with Crippen LogP contribution in [-0.2, 0) is 21.4 Å². The number of carbonyl (C=O) groups is 2. The molecule has 2 rings (SSSR count). The minimum absolute atomic E-state index is 0.00280. The highest BCUT2D eigenvalue weighted by Crippen LogP contribution is 2.18. The van der Waals surface area contributed by atoms with Crippen molar-refractivity contribution in [2.45, 2.75) is 26.5 Å². The van der Waals surface area contributed by atoms with Gasteiger partial charge in [-0.05, 0) is 50.2 Å². The molecule has 1 amide bonds. The zero-order chi connectivity index (χ0) is 20.0. The highest BCUT2D eigenvalue weighted by Gasteiger charge is 2.17. The third-order valence-electron chi connectivity index (χ3n) is 3.15. The predicted molar refractivity (Wildman–Crippen MR) is 97.1 cm³/mol. The van der Waals surface area contributed by atoms with Crippen LogP contribution >= 0.6 is 0 Å². The number of hydrogen-bond acceptors (Lipinski definition) is 6. The molecule has 3 N–H and O–H groups in total. The Balaban J connectivity index is 1.87. The van der Waals surface area contributed by atoms with Gasteiger partial charge in [0.05, 0.1) is 12.6 Å². The number of aromatic carboxylic acids is 1. The van der Waals surface area contributed by atoms with Gasteiger partial charge in [-0.2, -0.15) is 0 Å². The lowest BCUT2D eigenvalue weighted by Gasteiger charge is -2.11. The van der Waals surface area contributed by atoms with E-state index < -0.39 is 27.7 Å². The highest BCUT2D eigenvalue weighted by atomic mass is 32.2. The molecule has 0 saturated heterocycles. The van der Waals surface area contributed by atoms with Gasteiger partial charge in [-0.3, -0.25) is 9.52 Å². The molecule has 0 bridgehead atoms. The van der Waals surface area contributed by atoms with E-state index in [9.17, 15) is 18.0 Å². The highest BCUT2D eigenvalue weighted by molar-refractivity contribution is 7.93. The Kier molecular flexibility index (Phi) is 6.45. The zero-order valence-electron chi connectivity index (χ0n) is 14.8. The monoisotopic (exact) mass is 396 g/mol. The first-order chi connectivity index (χ1) is 12.6. The number of furan rings is 1. The number of carbonyl (C=O) groups excluding carboxylic acids is 1. The van der Waals surface area contributed by atoms with Crippen LogP contribution in [0.15, 0.2) is 40.8 Å². The lowest BCUT2D eigenvalue weighted by molar-refractivity contribution is -0.118. The number of rotatable bonds is 9. The van der Waals surface area contributed by atoms with E-state index >= 15 is 0 Å². The molecule has 27 heavy (non-hydrogen) atoms. The lowest BCUT2D eigenvalue weighted by atomic mass is 10.3. The first kappa shape index (κ1) is 20.3. The van der Waals surface area contributed by atoms with Crippen LogP contribution < -0.4 is 14.8 Å². The Bertz CT molecular complexity index is 902. The van der Waals surface area contributed by atoms with Crippen molar-refractivity contribution >= 4 is 27.6 Å². The van der Waals surface area contributed by atoms with Gasteiger partial charge in [0.25, 0.3) is 0 Å². The predicted octanol–water partition coefficient (Wildman–Crippen LogP) is 1.82. The van der Waals surface area contributed by atoms with Crippen molar-refractivity contribution in [1.29, 1.82) is 0 Å². The average molecular weight is 396 g/mol. The molecule has 0 unspecified atom stereocenters. The summed E-state index contributed by atoms with van der Waals surface area (Å²) in [6.07, 6.45) is -0.00280. The largest absolute Gasteiger partial charge is 0.491 e. The average Bonchev–Trinajstić information content (AvgIpc) is 3.03. The number of carboxylic acids is 1. The lowest BCUT2D eigenvalue weighted by Crippen LogP contribution is -2.32. The van der Waals surface area contributed by atoms with Gasteiger partial charge in [0, 0.05) is 5.69 Å². The molecule has 0 radical (unpaired) electrons. The first-order valence-electron chi connectivity index (χ1n) is 8.00. The minimum Gasteiger partial charge on any atom is -0.491 e. The van der Waals surface area contributed by atoms with Crippen LogP contribution in [0.1, 0.15) is 30.2 Å². The fourth-order valence-corrected chi connectivity index (χ4v) is 3.10. The molecule has 1 aromatic heterocycles. The summed E-state index contributed by atoms with van der Waals surface area (Å²) in [4.78, 5) is 22.5. The van der Waals surface area contributed by atoms with Crippen molar-refractivity contribution in [3.8, 4) is 5.75 Å². The van der Waals surface area contributed by atoms with Gasteiger partial charge in [-0.1, -0.05) is 0 Å². The molecular formula is C17H20N2O7S. The second kappa shape index (κ2) is 8.58. The van der Waals surface area contributed by atoms with E-state index in [1.54, 1.807) is 12.1 Å². The van der Waals surface area contributed by atoms with E-state index in [0.29, 0.717) is 11.4 Å². The van der Waals surface area contributed by atoms with E-state index in [1.807, 2.05) is 13.8 Å². The van der Waals surface area contributed by atoms with Crippen molar-refractivity contribution < 1.29 is 32.3 Å². The molecule has 0 atom stereocenters. The first-order valence-corrected chi connectivity index (χ1v) is 9.66. The molecule has 0 aliphatic rings. The SMILES string of the molecule is CC(C)Oc1ccc(NS(=O)(=O)CC(=O)NCc2ccc(C(=O)O)o2)cc1. The molecule has 1 aromatic carbocycles. The van der Waals surface area contributed by atoms with Crippen LogP contribution in [-0.4, -0.2) is 37.3 Å². The number of nitrogens with one attached hydrogen (secondary N) is 2. The number of benzene rings is 1. The molecule has 10 heteroatoms. The molecule has 0 spiro atoms. The number of carboxylic acid groups (broad SMARTS) is 1. The van der Waals surface area contributed by atoms with E-state index in [-0.39, 0.29) is 24.2 Å². The molecule has 2 aromatic rings. The maximum absolute atomic E-state index is 12.1. The van der Waals surface area contributed by atoms with E-state index in [4.69, 9.17) is 14.3 Å². The second-order valence-electron chi connectivity index (χ2n) is 5.90. The third kappa shape index (κ3) is 6.66. The maximum Gasteiger partial charge on any atom is 0.371 e. The molecule has 1 heterocycles. The van der Waals surface area contributed by atoms with Gasteiger partial charge in [0.1, 0.15) is 17.3 Å². The van der Waals surface area contributed by atoms with Gasteiger partial charge >= 0.3 is 5.97 Å². The van der Waals surface area contributed by atoms with Crippen molar-refractivity contribution in [2.24, 2.45) is 0 Å². The Labute approximate surface area is 156 Å². The molecular weight excluding hydrogens is 376 g/mol. The van der Waals surface area contributed by atoms with Crippen LogP contribution in [0.3, 0.4) is 0 Å². The standard InChI is InChI=1S/C17H20N2O7S/c1-11(2)25-13-5-3-12(4-6-13)19-27(23,24)10-16(20)18-9-14-7-8-15(26-14)17(21)22/h3-8,11,19H,9-10H2,1-2H3,(H,18,20)(H,21,22). The topological polar surface area (TPSA) is 135 Å². The van der Waals surface area contributed by atoms with Gasteiger partial charge in [-0.25, -0.2) is 13.2 Å². The van der Waals surface area contributed by atoms with Gasteiger partial charge in [-0.15, -0.1) is 0 Å². The van der Waals surface area contributed by atoms with Crippen molar-refractivity contribution in [3.63, 3.8) is 0 Å². The normalized spacial score (nSPS) is 11.2. The minimum atomic E-state index is -3.91. The molecule has 146 valence electrons. The van der Waals surface area contributed by atoms with Gasteiger partial charge in [0.2, 0.25) is 21.7 Å². The summed E-state index contributed by atoms with van der Waals surface area (Å²) in [6.45, 7) is 3.63. The zero-order valence-corrected chi connectivity index (χ0v) is 15.6. The maximum atomic E-state index is 12.1. The van der Waals surface area contributed by atoms with Gasteiger partial charge < -0.3 is 19.6 Å². The second-order valence-corrected chi connectivity index (χ2v) is 7.62. The quantitative estimate of drug-likeness (QED) is 0.588. The molecule has 0 fully saturated rings. The summed E-state index contributed by atoms with van der Waals surface area (Å²) in [5.74, 6) is -2.24. The Hall–Kier alpha value is -3.01. The van der Waals surface area contributed by atoms with E-state index in [2.05, 4.69) is 10.0 Å². The van der Waals surface area contributed by atoms with Crippen molar-refractivity contribution in [3.05, 3.63) is 47.9 Å². The van der Waals surface area contributed by atoms with Crippen molar-refractivity contribution in [1.82, 2.24) is 5.32 Å². The smallest absolute Gasteiger partial charge is 0.371 e. The summed E-state index contributed by atoms with van der Waals surface area (Å²) >= 11 is 0. The van der Waals surface area contributed by atoms with Crippen LogP contribution in [0.4, 0.5) is 5.69 Å². The molecule has 0 saturated carbocycles.